The predicted molar refractivity (Wildman–Crippen MR) is 130 cm³/mol. The maximum Gasteiger partial charge on any atom is 0.320 e. The molecular weight excluding hydrogens is 436 g/mol. The normalized spacial score (nSPS) is 19.1. The molecule has 4 N–H and O–H groups in total. The first-order chi connectivity index (χ1) is 16.4. The van der Waals surface area contributed by atoms with E-state index in [1.807, 2.05) is 19.1 Å². The number of hydrogen-bond acceptors (Lipinski definition) is 8. The van der Waals surface area contributed by atoms with Gasteiger partial charge in [-0.1, -0.05) is 19.8 Å². The number of carboxylic acid groups (broad SMARTS) is 1. The molecule has 1 saturated carbocycles. The van der Waals surface area contributed by atoms with E-state index in [9.17, 15) is 9.59 Å². The van der Waals surface area contributed by atoms with E-state index < -0.39 is 12.0 Å². The molecule has 10 heteroatoms. The highest BCUT2D eigenvalue weighted by Gasteiger charge is 2.41. The van der Waals surface area contributed by atoms with Crippen LogP contribution in [0, 0.1) is 0 Å². The predicted octanol–water partition coefficient (Wildman–Crippen LogP) is 2.91. The second-order valence-corrected chi connectivity index (χ2v) is 8.80. The third kappa shape index (κ3) is 4.91. The third-order valence-corrected chi connectivity index (χ3v) is 6.54. The van der Waals surface area contributed by atoms with E-state index in [1.165, 1.54) is 12.8 Å². The number of nitrogens with zero attached hydrogens (tertiary/aromatic N) is 4. The SMILES string of the molecule is CC[C@@H]1C(=O)N(C)c2cnc(Nc3ccc(OCC[C@H](N)C(=O)O)cc3)nc2N1C1CCCC1. The Bertz CT molecular complexity index is 1020. The molecule has 34 heavy (non-hydrogen) atoms. The Morgan fingerprint density at radius 2 is 2.00 bits per heavy atom. The minimum atomic E-state index is -1.04. The van der Waals surface area contributed by atoms with Crippen LogP contribution in [-0.4, -0.2) is 58.7 Å². The van der Waals surface area contributed by atoms with Gasteiger partial charge < -0.3 is 30.7 Å². The summed E-state index contributed by atoms with van der Waals surface area (Å²) < 4.78 is 5.58. The van der Waals surface area contributed by atoms with Crippen molar-refractivity contribution in [2.75, 3.05) is 28.8 Å². The molecule has 1 aliphatic carbocycles. The van der Waals surface area contributed by atoms with E-state index >= 15 is 0 Å². The molecule has 0 spiro atoms. The van der Waals surface area contributed by atoms with Crippen molar-refractivity contribution in [3.05, 3.63) is 30.5 Å². The zero-order valence-corrected chi connectivity index (χ0v) is 19.6. The fourth-order valence-electron chi connectivity index (χ4n) is 4.63. The fraction of sp³-hybridized carbons (Fsp3) is 0.500. The molecule has 2 aromatic rings. The molecule has 1 aromatic heterocycles. The molecule has 1 aliphatic heterocycles. The average Bonchev–Trinajstić information content (AvgIpc) is 3.36. The number of likely N-dealkylation sites (N-methyl/N-ethyl adjacent to an activating group) is 1. The standard InChI is InChI=1S/C24H32N6O4/c1-3-19-22(31)29(2)20-14-26-24(28-21(20)30(19)16-6-4-5-7-16)27-15-8-10-17(11-9-15)34-13-12-18(25)23(32)33/h8-11,14,16,18-19H,3-7,12-13,25H2,1-2H3,(H,32,33)(H,26,27,28)/t18-,19+/m0/s1. The van der Waals surface area contributed by atoms with Gasteiger partial charge in [0.15, 0.2) is 5.82 Å². The van der Waals surface area contributed by atoms with E-state index in [1.54, 1.807) is 30.3 Å². The van der Waals surface area contributed by atoms with Crippen molar-refractivity contribution in [3.63, 3.8) is 0 Å². The topological polar surface area (TPSA) is 134 Å². The number of ether oxygens (including phenoxy) is 1. The second-order valence-electron chi connectivity index (χ2n) is 8.80. The van der Waals surface area contributed by atoms with Gasteiger partial charge in [-0.05, 0) is 43.5 Å². The summed E-state index contributed by atoms with van der Waals surface area (Å²) in [5.74, 6) is 0.924. The molecule has 1 aromatic carbocycles. The monoisotopic (exact) mass is 468 g/mol. The number of aliphatic carboxylic acids is 1. The molecule has 1 fully saturated rings. The Labute approximate surface area is 199 Å². The van der Waals surface area contributed by atoms with Crippen LogP contribution >= 0.6 is 0 Å². The fourth-order valence-corrected chi connectivity index (χ4v) is 4.63. The number of fused-ring (bicyclic) bond motifs is 1. The van der Waals surface area contributed by atoms with Crippen molar-refractivity contribution in [3.8, 4) is 5.75 Å². The summed E-state index contributed by atoms with van der Waals surface area (Å²) in [5.41, 5.74) is 7.01. The summed E-state index contributed by atoms with van der Waals surface area (Å²) in [4.78, 5) is 37.0. The van der Waals surface area contributed by atoms with E-state index in [4.69, 9.17) is 20.6 Å². The number of nitrogens with two attached hydrogens (primary N) is 1. The Hall–Kier alpha value is -3.40. The zero-order chi connectivity index (χ0) is 24.2. The van der Waals surface area contributed by atoms with Crippen molar-refractivity contribution >= 4 is 35.0 Å². The highest BCUT2D eigenvalue weighted by molar-refractivity contribution is 6.04. The Morgan fingerprint density at radius 1 is 1.29 bits per heavy atom. The smallest absolute Gasteiger partial charge is 0.320 e. The molecule has 4 rings (SSSR count). The van der Waals surface area contributed by atoms with Crippen LogP contribution in [0.25, 0.3) is 0 Å². The van der Waals surface area contributed by atoms with Crippen molar-refractivity contribution in [1.82, 2.24) is 9.97 Å². The van der Waals surface area contributed by atoms with Gasteiger partial charge in [0.2, 0.25) is 11.9 Å². The molecule has 1 amide bonds. The molecule has 0 saturated heterocycles. The molecule has 2 atom stereocenters. The maximum atomic E-state index is 13.0. The average molecular weight is 469 g/mol. The molecule has 0 bridgehead atoms. The summed E-state index contributed by atoms with van der Waals surface area (Å²) in [6.45, 7) is 2.26. The van der Waals surface area contributed by atoms with Crippen LogP contribution in [0.2, 0.25) is 0 Å². The number of anilines is 4. The van der Waals surface area contributed by atoms with Gasteiger partial charge in [0, 0.05) is 25.2 Å². The van der Waals surface area contributed by atoms with Gasteiger partial charge in [-0.25, -0.2) is 4.98 Å². The van der Waals surface area contributed by atoms with E-state index in [2.05, 4.69) is 15.2 Å². The van der Waals surface area contributed by atoms with Crippen LogP contribution in [0.5, 0.6) is 5.75 Å². The maximum absolute atomic E-state index is 13.0. The van der Waals surface area contributed by atoms with Gasteiger partial charge in [-0.3, -0.25) is 9.59 Å². The van der Waals surface area contributed by atoms with Crippen LogP contribution in [0.15, 0.2) is 30.5 Å². The third-order valence-electron chi connectivity index (χ3n) is 6.54. The number of hydrogen-bond donors (Lipinski definition) is 3. The zero-order valence-electron chi connectivity index (χ0n) is 19.6. The van der Waals surface area contributed by atoms with Crippen LogP contribution in [-0.2, 0) is 9.59 Å². The van der Waals surface area contributed by atoms with Crippen LogP contribution in [0.4, 0.5) is 23.1 Å². The lowest BCUT2D eigenvalue weighted by atomic mass is 10.0. The molecule has 0 radical (unpaired) electrons. The number of carbonyl (C=O) groups excluding carboxylic acids is 1. The van der Waals surface area contributed by atoms with E-state index in [-0.39, 0.29) is 25.0 Å². The van der Waals surface area contributed by atoms with E-state index in [0.717, 1.165) is 36.5 Å². The number of aromatic nitrogens is 2. The van der Waals surface area contributed by atoms with Gasteiger partial charge in [0.25, 0.3) is 0 Å². The van der Waals surface area contributed by atoms with E-state index in [0.29, 0.717) is 17.7 Å². The number of rotatable bonds is 9. The Kier molecular flexibility index (Phi) is 7.16. The molecule has 0 unspecified atom stereocenters. The second kappa shape index (κ2) is 10.3. The minimum Gasteiger partial charge on any atom is -0.494 e. The minimum absolute atomic E-state index is 0.0890. The summed E-state index contributed by atoms with van der Waals surface area (Å²) in [6, 6.07) is 6.43. The largest absolute Gasteiger partial charge is 0.494 e. The highest BCUT2D eigenvalue weighted by atomic mass is 16.5. The molecular formula is C24H32N6O4. The molecule has 182 valence electrons. The summed E-state index contributed by atoms with van der Waals surface area (Å²) in [7, 11) is 1.79. The summed E-state index contributed by atoms with van der Waals surface area (Å²) >= 11 is 0. The summed E-state index contributed by atoms with van der Waals surface area (Å²) in [6.07, 6.45) is 7.14. The van der Waals surface area contributed by atoms with Gasteiger partial charge in [0.05, 0.1) is 12.8 Å². The number of carbonyl (C=O) groups is 2. The first kappa shape index (κ1) is 23.7. The molecule has 2 aliphatic rings. The first-order valence-corrected chi connectivity index (χ1v) is 11.8. The molecule has 10 nitrogen and oxygen atoms in total. The van der Waals surface area contributed by atoms with Crippen molar-refractivity contribution < 1.29 is 19.4 Å². The quantitative estimate of drug-likeness (QED) is 0.508. The van der Waals surface area contributed by atoms with Gasteiger partial charge in [-0.15, -0.1) is 0 Å². The van der Waals surface area contributed by atoms with Gasteiger partial charge in [-0.2, -0.15) is 4.98 Å². The Balaban J connectivity index is 1.49. The van der Waals surface area contributed by atoms with Crippen molar-refractivity contribution in [2.45, 2.75) is 63.6 Å². The number of carboxylic acids is 1. The summed E-state index contributed by atoms with van der Waals surface area (Å²) in [5, 5.41) is 12.1. The number of benzene rings is 1. The lowest BCUT2D eigenvalue weighted by Crippen LogP contribution is -2.55. The van der Waals surface area contributed by atoms with Crippen LogP contribution in [0.3, 0.4) is 0 Å². The van der Waals surface area contributed by atoms with Crippen molar-refractivity contribution in [2.24, 2.45) is 5.73 Å². The van der Waals surface area contributed by atoms with Crippen LogP contribution < -0.4 is 25.6 Å². The first-order valence-electron chi connectivity index (χ1n) is 11.8. The highest BCUT2D eigenvalue weighted by Crippen LogP contribution is 2.40. The van der Waals surface area contributed by atoms with Crippen molar-refractivity contribution in [1.29, 1.82) is 0 Å². The number of nitrogens with one attached hydrogen (secondary N) is 1. The molecule has 2 heterocycles. The number of amides is 1. The Morgan fingerprint density at radius 3 is 2.65 bits per heavy atom. The van der Waals surface area contributed by atoms with Crippen LogP contribution in [0.1, 0.15) is 45.4 Å². The lowest BCUT2D eigenvalue weighted by Gasteiger charge is -2.43. The van der Waals surface area contributed by atoms with Gasteiger partial charge >= 0.3 is 5.97 Å². The lowest BCUT2D eigenvalue weighted by molar-refractivity contribution is -0.138. The van der Waals surface area contributed by atoms with Gasteiger partial charge in [0.1, 0.15) is 23.5 Å².